The van der Waals surface area contributed by atoms with E-state index in [1.54, 1.807) is 0 Å². The van der Waals surface area contributed by atoms with Crippen LogP contribution in [0.3, 0.4) is 0 Å². The molecule has 0 atom stereocenters. The fourth-order valence-corrected chi connectivity index (χ4v) is 1.67. The lowest BCUT2D eigenvalue weighted by atomic mass is 10.2. The zero-order valence-corrected chi connectivity index (χ0v) is 11.9. The summed E-state index contributed by atoms with van der Waals surface area (Å²) in [6.45, 7) is 5.09. The average molecular weight is 256 g/mol. The molecule has 0 saturated carbocycles. The van der Waals surface area contributed by atoms with Crippen molar-refractivity contribution in [3.8, 4) is 0 Å². The Labute approximate surface area is 116 Å². The summed E-state index contributed by atoms with van der Waals surface area (Å²) in [5.74, 6) is 0. The molecule has 2 N–H and O–H groups in total. The highest BCUT2D eigenvalue weighted by atomic mass is 14.8. The molecule has 2 aromatic rings. The van der Waals surface area contributed by atoms with E-state index in [9.17, 15) is 0 Å². The molecule has 0 amide bonds. The summed E-state index contributed by atoms with van der Waals surface area (Å²) in [5, 5.41) is 6.35. The Morgan fingerprint density at radius 2 is 1.21 bits per heavy atom. The van der Waals surface area contributed by atoms with E-state index in [-0.39, 0.29) is 0 Å². The molecule has 0 aliphatic carbocycles. The van der Waals surface area contributed by atoms with Crippen LogP contribution < -0.4 is 10.6 Å². The zero-order valence-electron chi connectivity index (χ0n) is 11.9. The smallest absolute Gasteiger partial charge is 0.0205 e. The van der Waals surface area contributed by atoms with Gasteiger partial charge in [0, 0.05) is 13.1 Å². The monoisotopic (exact) mass is 256 g/mol. The van der Waals surface area contributed by atoms with Crippen molar-refractivity contribution in [2.24, 2.45) is 0 Å². The quantitative estimate of drug-likeness (QED) is 0.858. The summed E-state index contributed by atoms with van der Waals surface area (Å²) in [6, 6.07) is 20.8. The van der Waals surface area contributed by atoms with E-state index in [0.717, 1.165) is 19.6 Å². The lowest BCUT2D eigenvalue weighted by molar-refractivity contribution is 0.727. The Morgan fingerprint density at radius 1 is 0.737 bits per heavy atom. The Kier molecular flexibility index (Phi) is 8.36. The Balaban J connectivity index is 0.000000191. The van der Waals surface area contributed by atoms with Crippen LogP contribution in [0.4, 0.5) is 0 Å². The highest BCUT2D eigenvalue weighted by Gasteiger charge is 1.86. The second-order valence-corrected chi connectivity index (χ2v) is 4.28. The molecule has 0 aromatic heterocycles. The van der Waals surface area contributed by atoms with Crippen LogP contribution in [0.15, 0.2) is 60.7 Å². The minimum Gasteiger partial charge on any atom is -0.316 e. The van der Waals surface area contributed by atoms with Gasteiger partial charge in [-0.05, 0) is 24.7 Å². The first kappa shape index (κ1) is 15.4. The van der Waals surface area contributed by atoms with Gasteiger partial charge in [0.05, 0.1) is 0 Å². The van der Waals surface area contributed by atoms with E-state index in [1.165, 1.54) is 11.1 Å². The molecule has 2 aromatic carbocycles. The highest BCUT2D eigenvalue weighted by molar-refractivity contribution is 5.14. The second kappa shape index (κ2) is 10.3. The van der Waals surface area contributed by atoms with Crippen LogP contribution in [-0.4, -0.2) is 13.6 Å². The lowest BCUT2D eigenvalue weighted by Crippen LogP contribution is -2.11. The maximum absolute atomic E-state index is 3.26. The summed E-state index contributed by atoms with van der Waals surface area (Å²) in [5.41, 5.74) is 2.68. The normalized spacial score (nSPS) is 9.58. The van der Waals surface area contributed by atoms with E-state index in [2.05, 4.69) is 54.0 Å². The Hall–Kier alpha value is -1.64. The summed E-state index contributed by atoms with van der Waals surface area (Å²) in [6.07, 6.45) is 0. The van der Waals surface area contributed by atoms with E-state index < -0.39 is 0 Å². The summed E-state index contributed by atoms with van der Waals surface area (Å²) in [7, 11) is 1.95. The number of hydrogen-bond acceptors (Lipinski definition) is 2. The van der Waals surface area contributed by atoms with Crippen molar-refractivity contribution in [1.82, 2.24) is 10.6 Å². The third-order valence-corrected chi connectivity index (χ3v) is 2.65. The second-order valence-electron chi connectivity index (χ2n) is 4.28. The van der Waals surface area contributed by atoms with Crippen LogP contribution in [0.1, 0.15) is 18.1 Å². The SMILES string of the molecule is CCNCc1ccccc1.CNCc1ccccc1. The maximum Gasteiger partial charge on any atom is 0.0205 e. The van der Waals surface area contributed by atoms with Gasteiger partial charge < -0.3 is 10.6 Å². The van der Waals surface area contributed by atoms with Crippen molar-refractivity contribution in [3.63, 3.8) is 0 Å². The molecule has 2 rings (SSSR count). The number of rotatable bonds is 5. The van der Waals surface area contributed by atoms with Gasteiger partial charge in [0.15, 0.2) is 0 Å². The van der Waals surface area contributed by atoms with Crippen molar-refractivity contribution >= 4 is 0 Å². The van der Waals surface area contributed by atoms with Crippen molar-refractivity contribution in [2.45, 2.75) is 20.0 Å². The topological polar surface area (TPSA) is 24.1 Å². The zero-order chi connectivity index (χ0) is 13.8. The minimum absolute atomic E-state index is 0.959. The van der Waals surface area contributed by atoms with Crippen LogP contribution in [0.25, 0.3) is 0 Å². The molecule has 0 saturated heterocycles. The van der Waals surface area contributed by atoms with Gasteiger partial charge in [-0.1, -0.05) is 67.6 Å². The number of nitrogens with one attached hydrogen (secondary N) is 2. The van der Waals surface area contributed by atoms with E-state index in [4.69, 9.17) is 0 Å². The van der Waals surface area contributed by atoms with Crippen molar-refractivity contribution < 1.29 is 0 Å². The molecule has 0 unspecified atom stereocenters. The van der Waals surface area contributed by atoms with Gasteiger partial charge in [-0.3, -0.25) is 0 Å². The molecule has 19 heavy (non-hydrogen) atoms. The third-order valence-electron chi connectivity index (χ3n) is 2.65. The minimum atomic E-state index is 0.959. The average Bonchev–Trinajstić information content (AvgIpc) is 2.48. The maximum atomic E-state index is 3.26. The van der Waals surface area contributed by atoms with Gasteiger partial charge in [-0.2, -0.15) is 0 Å². The summed E-state index contributed by atoms with van der Waals surface area (Å²) < 4.78 is 0. The molecule has 102 valence electrons. The van der Waals surface area contributed by atoms with Gasteiger partial charge in [0.2, 0.25) is 0 Å². The molecule has 0 heterocycles. The van der Waals surface area contributed by atoms with Crippen LogP contribution in [0.2, 0.25) is 0 Å². The largest absolute Gasteiger partial charge is 0.316 e. The van der Waals surface area contributed by atoms with Gasteiger partial charge in [-0.25, -0.2) is 0 Å². The first-order valence-corrected chi connectivity index (χ1v) is 6.80. The van der Waals surface area contributed by atoms with Crippen LogP contribution in [0, 0.1) is 0 Å². The molecule has 0 bridgehead atoms. The predicted molar refractivity (Wildman–Crippen MR) is 83.0 cm³/mol. The number of benzene rings is 2. The molecular weight excluding hydrogens is 232 g/mol. The third kappa shape index (κ3) is 7.39. The highest BCUT2D eigenvalue weighted by Crippen LogP contribution is 1.96. The first-order valence-electron chi connectivity index (χ1n) is 6.80. The fourth-order valence-electron chi connectivity index (χ4n) is 1.67. The van der Waals surface area contributed by atoms with Crippen LogP contribution >= 0.6 is 0 Å². The molecule has 0 aliphatic rings. The van der Waals surface area contributed by atoms with E-state index in [1.807, 2.05) is 31.3 Å². The molecule has 0 fully saturated rings. The molecule has 2 nitrogen and oxygen atoms in total. The van der Waals surface area contributed by atoms with Gasteiger partial charge in [-0.15, -0.1) is 0 Å². The van der Waals surface area contributed by atoms with Crippen LogP contribution in [0.5, 0.6) is 0 Å². The predicted octanol–water partition coefficient (Wildman–Crippen LogP) is 3.20. The summed E-state index contributed by atoms with van der Waals surface area (Å²) >= 11 is 0. The number of hydrogen-bond donors (Lipinski definition) is 2. The molecule has 0 radical (unpaired) electrons. The Bertz CT molecular complexity index is 412. The lowest BCUT2D eigenvalue weighted by Gasteiger charge is -1.99. The molecule has 0 aliphatic heterocycles. The van der Waals surface area contributed by atoms with Gasteiger partial charge in [0.1, 0.15) is 0 Å². The molecule has 2 heteroatoms. The van der Waals surface area contributed by atoms with Crippen molar-refractivity contribution in [2.75, 3.05) is 13.6 Å². The van der Waals surface area contributed by atoms with Gasteiger partial charge >= 0.3 is 0 Å². The molecule has 0 spiro atoms. The Morgan fingerprint density at radius 3 is 1.63 bits per heavy atom. The van der Waals surface area contributed by atoms with Crippen molar-refractivity contribution in [3.05, 3.63) is 71.8 Å². The standard InChI is InChI=1S/C9H13N.C8H11N/c1-2-10-8-9-6-4-3-5-7-9;1-9-7-8-5-3-2-4-6-8/h3-7,10H,2,8H2,1H3;2-6,9H,7H2,1H3. The fraction of sp³-hybridized carbons (Fsp3) is 0.294. The molecular formula is C17H24N2. The van der Waals surface area contributed by atoms with Crippen molar-refractivity contribution in [1.29, 1.82) is 0 Å². The van der Waals surface area contributed by atoms with Crippen LogP contribution in [-0.2, 0) is 13.1 Å². The summed E-state index contributed by atoms with van der Waals surface area (Å²) in [4.78, 5) is 0. The first-order chi connectivity index (χ1) is 9.36. The van der Waals surface area contributed by atoms with Gasteiger partial charge in [0.25, 0.3) is 0 Å². The van der Waals surface area contributed by atoms with E-state index >= 15 is 0 Å². The van der Waals surface area contributed by atoms with E-state index in [0.29, 0.717) is 0 Å².